The first kappa shape index (κ1) is 21.1. The monoisotopic (exact) mass is 485 g/mol. The molecule has 2 aromatic heterocycles. The summed E-state index contributed by atoms with van der Waals surface area (Å²) < 4.78 is 2.28. The molecule has 8 rings (SSSR count). The lowest BCUT2D eigenvalue weighted by molar-refractivity contribution is 0.931. The Morgan fingerprint density at radius 3 is 2.18 bits per heavy atom. The standard InChI is InChI=1S/C35H23N3/c1-3-11-23(12-4-1)32-22-26-19-20-28-27-16-8-7-15-25(27)21-30(28)34(26)38(32)35-36-31-18-10-9-17-29(31)33(37-35)24-13-5-2-6-14-24/h1-22,28H. The molecule has 38 heavy (non-hydrogen) atoms. The minimum absolute atomic E-state index is 0.227. The van der Waals surface area contributed by atoms with Crippen LogP contribution in [0.5, 0.6) is 0 Å². The molecule has 3 heteroatoms. The molecule has 1 atom stereocenters. The smallest absolute Gasteiger partial charge is 0.235 e. The molecule has 6 aromatic rings. The molecule has 0 saturated heterocycles. The molecule has 178 valence electrons. The Kier molecular flexibility index (Phi) is 4.58. The number of aromatic nitrogens is 3. The topological polar surface area (TPSA) is 30.7 Å². The van der Waals surface area contributed by atoms with E-state index in [0.717, 1.165) is 33.4 Å². The summed E-state index contributed by atoms with van der Waals surface area (Å²) in [6.45, 7) is 0. The fourth-order valence-corrected chi connectivity index (χ4v) is 5.94. The summed E-state index contributed by atoms with van der Waals surface area (Å²) in [6, 6.07) is 40.2. The van der Waals surface area contributed by atoms with Crippen LogP contribution in [0.2, 0.25) is 0 Å². The molecule has 0 fully saturated rings. The van der Waals surface area contributed by atoms with Crippen LogP contribution in [0.1, 0.15) is 28.3 Å². The number of fused-ring (bicyclic) bond motifs is 6. The zero-order valence-corrected chi connectivity index (χ0v) is 20.6. The summed E-state index contributed by atoms with van der Waals surface area (Å²) in [4.78, 5) is 10.4. The van der Waals surface area contributed by atoms with E-state index in [-0.39, 0.29) is 5.92 Å². The molecule has 0 radical (unpaired) electrons. The van der Waals surface area contributed by atoms with Crippen molar-refractivity contribution in [3.63, 3.8) is 0 Å². The summed E-state index contributed by atoms with van der Waals surface area (Å²) in [5, 5.41) is 1.05. The van der Waals surface area contributed by atoms with Crippen molar-refractivity contribution in [3.8, 4) is 28.5 Å². The summed E-state index contributed by atoms with van der Waals surface area (Å²) >= 11 is 0. The summed E-state index contributed by atoms with van der Waals surface area (Å²) in [6.07, 6.45) is 6.93. The highest BCUT2D eigenvalue weighted by atomic mass is 15.2. The van der Waals surface area contributed by atoms with Gasteiger partial charge in [0, 0.05) is 22.4 Å². The predicted molar refractivity (Wildman–Crippen MR) is 156 cm³/mol. The molecule has 0 aliphatic heterocycles. The van der Waals surface area contributed by atoms with Gasteiger partial charge in [0.05, 0.1) is 22.6 Å². The Bertz CT molecular complexity index is 1910. The molecule has 0 saturated carbocycles. The van der Waals surface area contributed by atoms with Crippen molar-refractivity contribution in [2.45, 2.75) is 5.92 Å². The SMILES string of the molecule is C1=CC2C(=Cc3ccccc32)c2c1cc(-c1ccccc1)n2-c1nc(-c2ccccc2)c2ccccc2n1. The van der Waals surface area contributed by atoms with E-state index in [1.807, 2.05) is 12.1 Å². The van der Waals surface area contributed by atoms with E-state index < -0.39 is 0 Å². The lowest BCUT2D eigenvalue weighted by atomic mass is 9.88. The van der Waals surface area contributed by atoms with Crippen molar-refractivity contribution in [1.29, 1.82) is 0 Å². The summed E-state index contributed by atoms with van der Waals surface area (Å²) in [7, 11) is 0. The average molecular weight is 486 g/mol. The maximum absolute atomic E-state index is 5.27. The number of allylic oxidation sites excluding steroid dienone is 2. The second-order valence-corrected chi connectivity index (χ2v) is 9.86. The van der Waals surface area contributed by atoms with Crippen LogP contribution < -0.4 is 0 Å². The maximum atomic E-state index is 5.27. The zero-order valence-electron chi connectivity index (χ0n) is 20.6. The molecular formula is C35H23N3. The van der Waals surface area contributed by atoms with E-state index in [4.69, 9.17) is 9.97 Å². The molecule has 2 aliphatic carbocycles. The number of benzene rings is 4. The van der Waals surface area contributed by atoms with Gasteiger partial charge in [0.25, 0.3) is 0 Å². The van der Waals surface area contributed by atoms with Gasteiger partial charge in [0.2, 0.25) is 5.95 Å². The molecule has 4 aromatic carbocycles. The van der Waals surface area contributed by atoms with Crippen molar-refractivity contribution in [2.24, 2.45) is 0 Å². The number of hydrogen-bond donors (Lipinski definition) is 0. The van der Waals surface area contributed by atoms with Crippen LogP contribution in [-0.4, -0.2) is 14.5 Å². The van der Waals surface area contributed by atoms with E-state index in [0.29, 0.717) is 5.95 Å². The van der Waals surface area contributed by atoms with Gasteiger partial charge in [-0.2, -0.15) is 0 Å². The predicted octanol–water partition coefficient (Wildman–Crippen LogP) is 8.42. The van der Waals surface area contributed by atoms with Crippen LogP contribution in [0.15, 0.2) is 121 Å². The van der Waals surface area contributed by atoms with Gasteiger partial charge in [0.15, 0.2) is 0 Å². The zero-order chi connectivity index (χ0) is 25.1. The number of rotatable bonds is 3. The van der Waals surface area contributed by atoms with Gasteiger partial charge < -0.3 is 0 Å². The quantitative estimate of drug-likeness (QED) is 0.252. The van der Waals surface area contributed by atoms with Crippen LogP contribution in [0, 0.1) is 0 Å². The Morgan fingerprint density at radius 2 is 1.34 bits per heavy atom. The Balaban J connectivity index is 1.45. The Labute approximate surface area is 221 Å². The first-order chi connectivity index (χ1) is 18.8. The van der Waals surface area contributed by atoms with Gasteiger partial charge in [-0.15, -0.1) is 0 Å². The Morgan fingerprint density at radius 1 is 0.632 bits per heavy atom. The van der Waals surface area contributed by atoms with Gasteiger partial charge >= 0.3 is 0 Å². The van der Waals surface area contributed by atoms with Crippen LogP contribution in [-0.2, 0) is 0 Å². The first-order valence-electron chi connectivity index (χ1n) is 13.0. The fourth-order valence-electron chi connectivity index (χ4n) is 5.94. The second-order valence-electron chi connectivity index (χ2n) is 9.86. The molecule has 0 spiro atoms. The first-order valence-corrected chi connectivity index (χ1v) is 13.0. The normalized spacial score (nSPS) is 15.2. The van der Waals surface area contributed by atoms with Gasteiger partial charge in [-0.1, -0.05) is 115 Å². The van der Waals surface area contributed by atoms with Crippen molar-refractivity contribution in [3.05, 3.63) is 144 Å². The Hall–Kier alpha value is -5.02. The highest BCUT2D eigenvalue weighted by Crippen LogP contribution is 2.49. The van der Waals surface area contributed by atoms with Crippen LogP contribution in [0.25, 0.3) is 57.1 Å². The fraction of sp³-hybridized carbons (Fsp3) is 0.0286. The van der Waals surface area contributed by atoms with Gasteiger partial charge in [-0.3, -0.25) is 4.57 Å². The largest absolute Gasteiger partial charge is 0.278 e. The number of para-hydroxylation sites is 1. The molecular weight excluding hydrogens is 462 g/mol. The molecule has 3 nitrogen and oxygen atoms in total. The van der Waals surface area contributed by atoms with Gasteiger partial charge in [0.1, 0.15) is 0 Å². The molecule has 0 amide bonds. The second kappa shape index (κ2) is 8.25. The van der Waals surface area contributed by atoms with Gasteiger partial charge in [-0.05, 0) is 40.5 Å². The minimum atomic E-state index is 0.227. The van der Waals surface area contributed by atoms with E-state index in [1.165, 1.54) is 28.0 Å². The third kappa shape index (κ3) is 3.15. The van der Waals surface area contributed by atoms with Crippen LogP contribution in [0.3, 0.4) is 0 Å². The number of nitrogens with zero attached hydrogens (tertiary/aromatic N) is 3. The third-order valence-corrected chi connectivity index (χ3v) is 7.66. The van der Waals surface area contributed by atoms with Crippen LogP contribution in [0.4, 0.5) is 0 Å². The summed E-state index contributed by atoms with van der Waals surface area (Å²) in [5.41, 5.74) is 11.5. The molecule has 0 N–H and O–H groups in total. The van der Waals surface area contributed by atoms with E-state index in [9.17, 15) is 0 Å². The van der Waals surface area contributed by atoms with Crippen molar-refractivity contribution < 1.29 is 0 Å². The number of hydrogen-bond acceptors (Lipinski definition) is 2. The highest BCUT2D eigenvalue weighted by molar-refractivity contribution is 5.99. The van der Waals surface area contributed by atoms with E-state index in [2.05, 4.69) is 126 Å². The van der Waals surface area contributed by atoms with E-state index >= 15 is 0 Å². The highest BCUT2D eigenvalue weighted by Gasteiger charge is 2.32. The van der Waals surface area contributed by atoms with Crippen molar-refractivity contribution in [2.75, 3.05) is 0 Å². The molecule has 2 heterocycles. The molecule has 0 bridgehead atoms. The lowest BCUT2D eigenvalue weighted by Crippen LogP contribution is -2.11. The molecule has 1 unspecified atom stereocenters. The van der Waals surface area contributed by atoms with Gasteiger partial charge in [-0.25, -0.2) is 9.97 Å². The maximum Gasteiger partial charge on any atom is 0.235 e. The van der Waals surface area contributed by atoms with Crippen molar-refractivity contribution >= 4 is 28.6 Å². The third-order valence-electron chi connectivity index (χ3n) is 7.66. The van der Waals surface area contributed by atoms with Crippen LogP contribution >= 0.6 is 0 Å². The van der Waals surface area contributed by atoms with E-state index in [1.54, 1.807) is 0 Å². The summed E-state index contributed by atoms with van der Waals surface area (Å²) in [5.74, 6) is 0.915. The van der Waals surface area contributed by atoms with Crippen molar-refractivity contribution in [1.82, 2.24) is 14.5 Å². The minimum Gasteiger partial charge on any atom is -0.278 e. The molecule has 2 aliphatic rings. The lowest BCUT2D eigenvalue weighted by Gasteiger charge is -2.21. The average Bonchev–Trinajstić information content (AvgIpc) is 3.56.